The number of thioether (sulfide) groups is 1. The Kier molecular flexibility index (Phi) is 4.66. The lowest BCUT2D eigenvalue weighted by Crippen LogP contribution is -1.98. The molecule has 0 aromatic heterocycles. The second-order valence-electron chi connectivity index (χ2n) is 6.91. The van der Waals surface area contributed by atoms with Crippen molar-refractivity contribution in [3.63, 3.8) is 0 Å². The van der Waals surface area contributed by atoms with Crippen molar-refractivity contribution >= 4 is 34.4 Å². The molecule has 0 radical (unpaired) electrons. The van der Waals surface area contributed by atoms with Gasteiger partial charge >= 0.3 is 0 Å². The zero-order valence-electron chi connectivity index (χ0n) is 15.7. The van der Waals surface area contributed by atoms with Crippen molar-refractivity contribution in [2.75, 3.05) is 0 Å². The molecule has 0 atom stereocenters. The van der Waals surface area contributed by atoms with Crippen molar-refractivity contribution in [2.24, 2.45) is 0 Å². The van der Waals surface area contributed by atoms with Crippen LogP contribution in [0.2, 0.25) is 0 Å². The first-order valence-corrected chi connectivity index (χ1v) is 10.3. The summed E-state index contributed by atoms with van der Waals surface area (Å²) in [5.41, 5.74) is 2.83. The van der Waals surface area contributed by atoms with Crippen LogP contribution in [0.4, 0.5) is 0 Å². The quantitative estimate of drug-likeness (QED) is 0.358. The number of fused-ring (bicyclic) bond motifs is 2. The zero-order chi connectivity index (χ0) is 19.6. The molecule has 2 nitrogen and oxygen atoms in total. The summed E-state index contributed by atoms with van der Waals surface area (Å²) in [6.45, 7) is 0.483. The molecule has 0 unspecified atom stereocenters. The third-order valence-electron chi connectivity index (χ3n) is 5.02. The molecular weight excluding hydrogens is 376 g/mol. The Hall–Kier alpha value is -3.30. The van der Waals surface area contributed by atoms with Gasteiger partial charge in [-0.2, -0.15) is 0 Å². The lowest BCUT2D eigenvalue weighted by Gasteiger charge is -2.13. The summed E-state index contributed by atoms with van der Waals surface area (Å²) >= 11 is 1.53. The molecule has 3 heteroatoms. The van der Waals surface area contributed by atoms with Crippen molar-refractivity contribution in [1.29, 1.82) is 0 Å². The SMILES string of the molecule is O=C1/C(=C/c2c(OCc3ccccc3)ccc3ccccc23)Sc2ccccc21. The zero-order valence-corrected chi connectivity index (χ0v) is 16.5. The van der Waals surface area contributed by atoms with Crippen LogP contribution >= 0.6 is 11.8 Å². The van der Waals surface area contributed by atoms with Gasteiger partial charge in [0.15, 0.2) is 0 Å². The summed E-state index contributed by atoms with van der Waals surface area (Å²) in [7, 11) is 0. The molecule has 0 amide bonds. The van der Waals surface area contributed by atoms with Crippen LogP contribution < -0.4 is 4.74 Å². The molecule has 140 valence electrons. The predicted molar refractivity (Wildman–Crippen MR) is 119 cm³/mol. The number of benzene rings is 4. The van der Waals surface area contributed by atoms with E-state index in [2.05, 4.69) is 18.2 Å². The predicted octanol–water partition coefficient (Wildman–Crippen LogP) is 6.75. The third kappa shape index (κ3) is 3.45. The van der Waals surface area contributed by atoms with Crippen LogP contribution in [0.25, 0.3) is 16.8 Å². The average molecular weight is 394 g/mol. The fraction of sp³-hybridized carbons (Fsp3) is 0.0385. The van der Waals surface area contributed by atoms with Crippen LogP contribution in [0, 0.1) is 0 Å². The standard InChI is InChI=1S/C26H18O2S/c27-26-21-12-6-7-13-24(21)29-25(26)16-22-20-11-5-4-10-19(20)14-15-23(22)28-17-18-8-2-1-3-9-18/h1-16H,17H2/b25-16-. The molecule has 0 N–H and O–H groups in total. The average Bonchev–Trinajstić information content (AvgIpc) is 3.09. The molecule has 4 aromatic rings. The topological polar surface area (TPSA) is 26.3 Å². The number of allylic oxidation sites excluding steroid dienone is 1. The van der Waals surface area contributed by atoms with E-state index < -0.39 is 0 Å². The van der Waals surface area contributed by atoms with Gasteiger partial charge in [-0.3, -0.25) is 4.79 Å². The molecule has 0 spiro atoms. The number of ketones is 1. The lowest BCUT2D eigenvalue weighted by molar-refractivity contribution is 0.104. The monoisotopic (exact) mass is 394 g/mol. The minimum Gasteiger partial charge on any atom is -0.488 e. The van der Waals surface area contributed by atoms with E-state index in [-0.39, 0.29) is 5.78 Å². The van der Waals surface area contributed by atoms with E-state index in [0.717, 1.165) is 43.0 Å². The van der Waals surface area contributed by atoms with Gasteiger partial charge in [-0.15, -0.1) is 0 Å². The third-order valence-corrected chi connectivity index (χ3v) is 6.12. The van der Waals surface area contributed by atoms with Crippen molar-refractivity contribution in [3.8, 4) is 5.75 Å². The molecule has 1 aliphatic heterocycles. The van der Waals surface area contributed by atoms with Crippen molar-refractivity contribution < 1.29 is 9.53 Å². The number of carbonyl (C=O) groups excluding carboxylic acids is 1. The molecule has 5 rings (SSSR count). The molecule has 4 aromatic carbocycles. The minimum absolute atomic E-state index is 0.0764. The van der Waals surface area contributed by atoms with E-state index in [1.807, 2.05) is 78.9 Å². The molecule has 0 saturated heterocycles. The van der Waals surface area contributed by atoms with Crippen LogP contribution in [0.1, 0.15) is 21.5 Å². The van der Waals surface area contributed by atoms with Crippen LogP contribution in [0.5, 0.6) is 5.75 Å². The Balaban J connectivity index is 1.57. The molecule has 1 heterocycles. The van der Waals surface area contributed by atoms with Crippen LogP contribution in [0.15, 0.2) is 101 Å². The maximum absolute atomic E-state index is 12.9. The molecular formula is C26H18O2S. The van der Waals surface area contributed by atoms with Crippen LogP contribution in [-0.2, 0) is 6.61 Å². The molecule has 0 fully saturated rings. The smallest absolute Gasteiger partial charge is 0.200 e. The van der Waals surface area contributed by atoms with Gasteiger partial charge < -0.3 is 4.74 Å². The second-order valence-corrected chi connectivity index (χ2v) is 7.99. The number of ether oxygens (including phenoxy) is 1. The number of hydrogen-bond acceptors (Lipinski definition) is 3. The van der Waals surface area contributed by atoms with Gasteiger partial charge in [0.05, 0.1) is 4.91 Å². The fourth-order valence-electron chi connectivity index (χ4n) is 3.55. The number of hydrogen-bond donors (Lipinski definition) is 0. The first-order chi connectivity index (χ1) is 14.3. The summed E-state index contributed by atoms with van der Waals surface area (Å²) in [5.74, 6) is 0.858. The molecule has 0 aliphatic carbocycles. The fourth-order valence-corrected chi connectivity index (χ4v) is 4.59. The summed E-state index contributed by atoms with van der Waals surface area (Å²) < 4.78 is 6.19. The maximum Gasteiger partial charge on any atom is 0.200 e. The number of carbonyl (C=O) groups is 1. The van der Waals surface area contributed by atoms with Gasteiger partial charge in [0.1, 0.15) is 12.4 Å². The van der Waals surface area contributed by atoms with E-state index >= 15 is 0 Å². The van der Waals surface area contributed by atoms with Gasteiger partial charge in [-0.05, 0) is 40.6 Å². The second kappa shape index (κ2) is 7.61. The van der Waals surface area contributed by atoms with E-state index in [0.29, 0.717) is 6.61 Å². The first kappa shape index (κ1) is 17.8. The van der Waals surface area contributed by atoms with Crippen molar-refractivity contribution in [1.82, 2.24) is 0 Å². The number of Topliss-reactive ketones (excluding diaryl/α,β-unsaturated/α-hetero) is 1. The Morgan fingerprint density at radius 2 is 1.55 bits per heavy atom. The Morgan fingerprint density at radius 3 is 2.41 bits per heavy atom. The minimum atomic E-state index is 0.0764. The maximum atomic E-state index is 12.9. The largest absolute Gasteiger partial charge is 0.488 e. The van der Waals surface area contributed by atoms with E-state index in [1.54, 1.807) is 0 Å². The Morgan fingerprint density at radius 1 is 0.793 bits per heavy atom. The van der Waals surface area contributed by atoms with Crippen molar-refractivity contribution in [2.45, 2.75) is 11.5 Å². The first-order valence-electron chi connectivity index (χ1n) is 9.51. The molecule has 0 saturated carbocycles. The van der Waals surface area contributed by atoms with Gasteiger partial charge in [0.2, 0.25) is 5.78 Å². The van der Waals surface area contributed by atoms with Crippen LogP contribution in [-0.4, -0.2) is 5.78 Å². The van der Waals surface area contributed by atoms with Crippen LogP contribution in [0.3, 0.4) is 0 Å². The van der Waals surface area contributed by atoms with E-state index in [9.17, 15) is 4.79 Å². The summed E-state index contributed by atoms with van der Waals surface area (Å²) in [6.07, 6.45) is 1.98. The highest BCUT2D eigenvalue weighted by Gasteiger charge is 2.26. The summed E-state index contributed by atoms with van der Waals surface area (Å²) in [5, 5.41) is 2.20. The van der Waals surface area contributed by atoms with Gasteiger partial charge in [-0.25, -0.2) is 0 Å². The highest BCUT2D eigenvalue weighted by molar-refractivity contribution is 8.04. The number of rotatable bonds is 4. The van der Waals surface area contributed by atoms with Gasteiger partial charge in [-0.1, -0.05) is 84.6 Å². The molecule has 29 heavy (non-hydrogen) atoms. The Labute approximate surface area is 173 Å². The van der Waals surface area contributed by atoms with Gasteiger partial charge in [0, 0.05) is 16.0 Å². The molecule has 1 aliphatic rings. The summed E-state index contributed by atoms with van der Waals surface area (Å²) in [6, 6.07) is 30.1. The van der Waals surface area contributed by atoms with E-state index in [1.165, 1.54) is 11.8 Å². The van der Waals surface area contributed by atoms with Crippen molar-refractivity contribution in [3.05, 3.63) is 113 Å². The van der Waals surface area contributed by atoms with Gasteiger partial charge in [0.25, 0.3) is 0 Å². The summed E-state index contributed by atoms with van der Waals surface area (Å²) in [4.78, 5) is 14.6. The lowest BCUT2D eigenvalue weighted by atomic mass is 10.0. The Bertz CT molecular complexity index is 1240. The highest BCUT2D eigenvalue weighted by Crippen LogP contribution is 2.42. The molecule has 0 bridgehead atoms. The normalized spacial score (nSPS) is 14.3. The highest BCUT2D eigenvalue weighted by atomic mass is 32.2. The van der Waals surface area contributed by atoms with E-state index in [4.69, 9.17) is 4.74 Å².